The van der Waals surface area contributed by atoms with Crippen molar-refractivity contribution in [3.05, 3.63) is 29.8 Å². The summed E-state index contributed by atoms with van der Waals surface area (Å²) in [4.78, 5) is 13.7. The molecule has 0 aromatic heterocycles. The molecule has 17 heavy (non-hydrogen) atoms. The Kier molecular flexibility index (Phi) is 3.64. The van der Waals surface area contributed by atoms with E-state index in [1.165, 1.54) is 0 Å². The lowest BCUT2D eigenvalue weighted by molar-refractivity contribution is 0.199. The normalized spacial score (nSPS) is 16.9. The van der Waals surface area contributed by atoms with Crippen LogP contribution in [0.15, 0.2) is 24.3 Å². The number of anilines is 1. The van der Waals surface area contributed by atoms with Crippen LogP contribution in [0.3, 0.4) is 0 Å². The maximum absolute atomic E-state index is 11.9. The van der Waals surface area contributed by atoms with Crippen LogP contribution in [0.1, 0.15) is 31.4 Å². The molecule has 1 atom stereocenters. The maximum Gasteiger partial charge on any atom is 0.321 e. The molecule has 2 rings (SSSR count). The number of likely N-dealkylation sites (tertiary alicyclic amines) is 1. The van der Waals surface area contributed by atoms with Crippen LogP contribution >= 0.6 is 0 Å². The van der Waals surface area contributed by atoms with E-state index in [1.807, 2.05) is 24.3 Å². The Morgan fingerprint density at radius 1 is 1.35 bits per heavy atom. The summed E-state index contributed by atoms with van der Waals surface area (Å²) < 4.78 is 0. The van der Waals surface area contributed by atoms with Crippen molar-refractivity contribution in [2.75, 3.05) is 18.4 Å². The second-order valence-corrected chi connectivity index (χ2v) is 4.39. The van der Waals surface area contributed by atoms with Gasteiger partial charge >= 0.3 is 6.03 Å². The predicted octanol–water partition coefficient (Wildman–Crippen LogP) is 2.37. The van der Waals surface area contributed by atoms with Crippen LogP contribution in [-0.4, -0.2) is 29.1 Å². The Bertz CT molecular complexity index is 398. The summed E-state index contributed by atoms with van der Waals surface area (Å²) >= 11 is 0. The van der Waals surface area contributed by atoms with Crippen molar-refractivity contribution in [1.29, 1.82) is 0 Å². The molecule has 1 unspecified atom stereocenters. The monoisotopic (exact) mass is 234 g/mol. The van der Waals surface area contributed by atoms with Crippen molar-refractivity contribution in [2.45, 2.75) is 25.9 Å². The van der Waals surface area contributed by atoms with Crippen molar-refractivity contribution < 1.29 is 9.90 Å². The molecular formula is C13H18N2O2. The number of hydrogen-bond donors (Lipinski definition) is 2. The van der Waals surface area contributed by atoms with E-state index in [2.05, 4.69) is 5.32 Å². The zero-order valence-electron chi connectivity index (χ0n) is 10.0. The number of urea groups is 1. The van der Waals surface area contributed by atoms with Crippen LogP contribution in [0.4, 0.5) is 10.5 Å². The van der Waals surface area contributed by atoms with Crippen LogP contribution < -0.4 is 5.32 Å². The molecule has 4 heteroatoms. The third-order valence-corrected chi connectivity index (χ3v) is 3.05. The number of rotatable bonds is 2. The second kappa shape index (κ2) is 5.19. The molecule has 0 aliphatic carbocycles. The fourth-order valence-electron chi connectivity index (χ4n) is 2.09. The number of carbonyl (C=O) groups excluding carboxylic acids is 1. The molecule has 1 aromatic carbocycles. The highest BCUT2D eigenvalue weighted by Gasteiger charge is 2.19. The topological polar surface area (TPSA) is 52.6 Å². The molecule has 0 spiro atoms. The lowest BCUT2D eigenvalue weighted by Gasteiger charge is -2.18. The molecule has 2 N–H and O–H groups in total. The first-order chi connectivity index (χ1) is 8.18. The highest BCUT2D eigenvalue weighted by molar-refractivity contribution is 5.90. The number of nitrogens with zero attached hydrogens (tertiary/aromatic N) is 1. The minimum Gasteiger partial charge on any atom is -0.389 e. The van der Waals surface area contributed by atoms with Crippen LogP contribution in [-0.2, 0) is 0 Å². The molecule has 1 aliphatic heterocycles. The van der Waals surface area contributed by atoms with E-state index in [-0.39, 0.29) is 6.03 Å². The standard InChI is InChI=1S/C13H18N2O2/c1-10(16)11-6-2-3-7-12(11)14-13(17)15-8-4-5-9-15/h2-3,6-7,10,16H,4-5,8-9H2,1H3,(H,14,17). The number of amides is 2. The number of hydrogen-bond acceptors (Lipinski definition) is 2. The molecule has 1 fully saturated rings. The molecule has 92 valence electrons. The van der Waals surface area contributed by atoms with E-state index in [1.54, 1.807) is 11.8 Å². The van der Waals surface area contributed by atoms with Crippen molar-refractivity contribution in [2.24, 2.45) is 0 Å². The average Bonchev–Trinajstić information content (AvgIpc) is 2.83. The number of aliphatic hydroxyl groups is 1. The van der Waals surface area contributed by atoms with Gasteiger partial charge in [-0.1, -0.05) is 18.2 Å². The quantitative estimate of drug-likeness (QED) is 0.825. The van der Waals surface area contributed by atoms with Gasteiger partial charge < -0.3 is 15.3 Å². The SMILES string of the molecule is CC(O)c1ccccc1NC(=O)N1CCCC1. The highest BCUT2D eigenvalue weighted by atomic mass is 16.3. The van der Waals surface area contributed by atoms with Gasteiger partial charge in [0.15, 0.2) is 0 Å². The minimum atomic E-state index is -0.579. The number of benzene rings is 1. The van der Waals surface area contributed by atoms with Crippen LogP contribution in [0.25, 0.3) is 0 Å². The molecule has 0 saturated carbocycles. The molecule has 1 heterocycles. The summed E-state index contributed by atoms with van der Waals surface area (Å²) in [6.07, 6.45) is 1.57. The zero-order valence-corrected chi connectivity index (χ0v) is 10.0. The van der Waals surface area contributed by atoms with Gasteiger partial charge in [0.25, 0.3) is 0 Å². The highest BCUT2D eigenvalue weighted by Crippen LogP contribution is 2.23. The first-order valence-corrected chi connectivity index (χ1v) is 6.01. The van der Waals surface area contributed by atoms with E-state index >= 15 is 0 Å². The van der Waals surface area contributed by atoms with Crippen LogP contribution in [0.5, 0.6) is 0 Å². The van der Waals surface area contributed by atoms with Gasteiger partial charge in [0, 0.05) is 24.3 Å². The summed E-state index contributed by atoms with van der Waals surface area (Å²) in [5, 5.41) is 12.5. The van der Waals surface area contributed by atoms with Gasteiger partial charge in [0.2, 0.25) is 0 Å². The van der Waals surface area contributed by atoms with Gasteiger partial charge in [-0.15, -0.1) is 0 Å². The maximum atomic E-state index is 11.9. The van der Waals surface area contributed by atoms with Gasteiger partial charge in [-0.25, -0.2) is 4.79 Å². The number of para-hydroxylation sites is 1. The summed E-state index contributed by atoms with van der Waals surface area (Å²) in [5.41, 5.74) is 1.44. The third-order valence-electron chi connectivity index (χ3n) is 3.05. The Hall–Kier alpha value is -1.55. The van der Waals surface area contributed by atoms with Crippen molar-refractivity contribution >= 4 is 11.7 Å². The summed E-state index contributed by atoms with van der Waals surface area (Å²) in [7, 11) is 0. The lowest BCUT2D eigenvalue weighted by atomic mass is 10.1. The number of aliphatic hydroxyl groups excluding tert-OH is 1. The molecule has 1 aliphatic rings. The second-order valence-electron chi connectivity index (χ2n) is 4.39. The lowest BCUT2D eigenvalue weighted by Crippen LogP contribution is -2.32. The van der Waals surface area contributed by atoms with Crippen molar-refractivity contribution in [3.63, 3.8) is 0 Å². The third kappa shape index (κ3) is 2.77. The van der Waals surface area contributed by atoms with E-state index in [9.17, 15) is 9.90 Å². The zero-order chi connectivity index (χ0) is 12.3. The first-order valence-electron chi connectivity index (χ1n) is 6.01. The fraction of sp³-hybridized carbons (Fsp3) is 0.462. The molecule has 4 nitrogen and oxygen atoms in total. The molecular weight excluding hydrogens is 216 g/mol. The van der Waals surface area contributed by atoms with Crippen LogP contribution in [0, 0.1) is 0 Å². The van der Waals surface area contributed by atoms with Gasteiger partial charge in [-0.3, -0.25) is 0 Å². The van der Waals surface area contributed by atoms with Crippen molar-refractivity contribution in [3.8, 4) is 0 Å². The van der Waals surface area contributed by atoms with E-state index < -0.39 is 6.10 Å². The Labute approximate surface area is 101 Å². The first kappa shape index (κ1) is 11.9. The summed E-state index contributed by atoms with van der Waals surface area (Å²) in [6.45, 7) is 3.34. The number of nitrogens with one attached hydrogen (secondary N) is 1. The van der Waals surface area contributed by atoms with E-state index in [4.69, 9.17) is 0 Å². The van der Waals surface area contributed by atoms with E-state index in [0.29, 0.717) is 5.69 Å². The predicted molar refractivity (Wildman–Crippen MR) is 66.9 cm³/mol. The Balaban J connectivity index is 2.09. The van der Waals surface area contributed by atoms with Gasteiger partial charge in [0.05, 0.1) is 6.10 Å². The van der Waals surface area contributed by atoms with Crippen LogP contribution in [0.2, 0.25) is 0 Å². The van der Waals surface area contributed by atoms with Gasteiger partial charge in [-0.05, 0) is 25.8 Å². The summed E-state index contributed by atoms with van der Waals surface area (Å²) in [6, 6.07) is 7.27. The Morgan fingerprint density at radius 2 is 2.00 bits per heavy atom. The largest absolute Gasteiger partial charge is 0.389 e. The molecule has 0 radical (unpaired) electrons. The fourth-order valence-corrected chi connectivity index (χ4v) is 2.09. The minimum absolute atomic E-state index is 0.0735. The Morgan fingerprint density at radius 3 is 2.65 bits per heavy atom. The van der Waals surface area contributed by atoms with Crippen molar-refractivity contribution in [1.82, 2.24) is 4.90 Å². The average molecular weight is 234 g/mol. The molecule has 2 amide bonds. The van der Waals surface area contributed by atoms with Gasteiger partial charge in [-0.2, -0.15) is 0 Å². The molecule has 1 aromatic rings. The summed E-state index contributed by atoms with van der Waals surface area (Å²) in [5.74, 6) is 0. The molecule has 0 bridgehead atoms. The molecule has 1 saturated heterocycles. The van der Waals surface area contributed by atoms with Gasteiger partial charge in [0.1, 0.15) is 0 Å². The smallest absolute Gasteiger partial charge is 0.321 e. The van der Waals surface area contributed by atoms with E-state index in [0.717, 1.165) is 31.5 Å². The number of carbonyl (C=O) groups is 1.